The molecule has 4 rings (SSSR count). The van der Waals surface area contributed by atoms with E-state index in [2.05, 4.69) is 26.8 Å². The number of hydrazine groups is 1. The van der Waals surface area contributed by atoms with Crippen LogP contribution in [0.4, 0.5) is 0 Å². The molecule has 2 N–H and O–H groups in total. The number of hydrogen-bond donors (Lipinski definition) is 2. The molecule has 2 saturated carbocycles. The number of benzene rings is 1. The van der Waals surface area contributed by atoms with Gasteiger partial charge in [0, 0.05) is 10.0 Å². The summed E-state index contributed by atoms with van der Waals surface area (Å²) in [6, 6.07) is 5.40. The molecule has 164 valence electrons. The van der Waals surface area contributed by atoms with E-state index in [0.717, 1.165) is 28.6 Å². The molecule has 1 heterocycles. The Labute approximate surface area is 187 Å². The molecule has 0 aromatic heterocycles. The minimum absolute atomic E-state index is 0.222. The monoisotopic (exact) mass is 491 g/mol. The van der Waals surface area contributed by atoms with E-state index in [1.807, 2.05) is 0 Å². The number of likely N-dealkylation sites (tertiary alicyclic amines) is 1. The van der Waals surface area contributed by atoms with Gasteiger partial charge in [0.2, 0.25) is 11.8 Å². The maximum Gasteiger partial charge on any atom is 0.329 e. The van der Waals surface area contributed by atoms with Crippen molar-refractivity contribution in [2.24, 2.45) is 23.7 Å². The Balaban J connectivity index is 1.26. The first-order valence-electron chi connectivity index (χ1n) is 10.2. The van der Waals surface area contributed by atoms with Crippen LogP contribution in [0.2, 0.25) is 0 Å². The Morgan fingerprint density at radius 2 is 1.65 bits per heavy atom. The molecule has 0 spiro atoms. The number of imide groups is 1. The van der Waals surface area contributed by atoms with Crippen molar-refractivity contribution in [3.63, 3.8) is 0 Å². The molecular weight excluding hydrogens is 470 g/mol. The molecule has 1 aliphatic heterocycles. The first-order chi connectivity index (χ1) is 14.8. The van der Waals surface area contributed by atoms with Crippen molar-refractivity contribution in [1.82, 2.24) is 15.8 Å². The van der Waals surface area contributed by atoms with Gasteiger partial charge in [-0.3, -0.25) is 34.9 Å². The molecule has 0 radical (unpaired) electrons. The Morgan fingerprint density at radius 3 is 2.23 bits per heavy atom. The number of carbonyl (C=O) groups is 5. The summed E-state index contributed by atoms with van der Waals surface area (Å²) < 4.78 is 5.77. The van der Waals surface area contributed by atoms with Crippen molar-refractivity contribution in [2.75, 3.05) is 6.61 Å². The smallest absolute Gasteiger partial charge is 0.329 e. The van der Waals surface area contributed by atoms with Crippen LogP contribution in [-0.2, 0) is 23.9 Å². The van der Waals surface area contributed by atoms with Gasteiger partial charge >= 0.3 is 5.97 Å². The average molecular weight is 492 g/mol. The predicted molar refractivity (Wildman–Crippen MR) is 110 cm³/mol. The lowest BCUT2D eigenvalue weighted by Crippen LogP contribution is -2.47. The van der Waals surface area contributed by atoms with Crippen LogP contribution >= 0.6 is 15.9 Å². The summed E-state index contributed by atoms with van der Waals surface area (Å²) >= 11 is 3.26. The summed E-state index contributed by atoms with van der Waals surface area (Å²) in [5, 5.41) is 0. The van der Waals surface area contributed by atoms with Gasteiger partial charge in [0.1, 0.15) is 6.04 Å². The first kappa shape index (κ1) is 21.5. The number of amides is 4. The van der Waals surface area contributed by atoms with Gasteiger partial charge in [-0.1, -0.05) is 15.9 Å². The van der Waals surface area contributed by atoms with Crippen molar-refractivity contribution in [3.8, 4) is 0 Å². The third-order valence-electron chi connectivity index (χ3n) is 6.46. The number of fused-ring (bicyclic) bond motifs is 5. The lowest BCUT2D eigenvalue weighted by atomic mass is 9.81. The van der Waals surface area contributed by atoms with Crippen molar-refractivity contribution in [3.05, 3.63) is 34.3 Å². The normalized spacial score (nSPS) is 27.1. The van der Waals surface area contributed by atoms with Crippen LogP contribution in [0.3, 0.4) is 0 Å². The standard InChI is InChI=1S/C21H22BrN3O6/c1-10(25-19(28)16-12-2-3-13(8-12)17(16)20(25)29)21(30)31-9-15(26)23-24-18(27)11-4-6-14(22)7-5-11/h4-7,10,12-13,16-17H,2-3,8-9H2,1H3,(H,23,26)(H,24,27)/t10-,12-,13-,16-,17+/m0/s1. The minimum Gasteiger partial charge on any atom is -0.454 e. The third-order valence-corrected chi connectivity index (χ3v) is 6.99. The number of hydrogen-bond acceptors (Lipinski definition) is 6. The van der Waals surface area contributed by atoms with Crippen molar-refractivity contribution in [2.45, 2.75) is 32.2 Å². The summed E-state index contributed by atoms with van der Waals surface area (Å²) in [5.74, 6) is -2.94. The summed E-state index contributed by atoms with van der Waals surface area (Å²) in [6.45, 7) is 0.770. The molecule has 2 aliphatic carbocycles. The van der Waals surface area contributed by atoms with Gasteiger partial charge in [-0.05, 0) is 62.3 Å². The second-order valence-electron chi connectivity index (χ2n) is 8.22. The molecular formula is C21H22BrN3O6. The molecule has 1 saturated heterocycles. The highest BCUT2D eigenvalue weighted by Crippen LogP contribution is 2.56. The van der Waals surface area contributed by atoms with Gasteiger partial charge in [-0.2, -0.15) is 0 Å². The number of halogens is 1. The SMILES string of the molecule is C[C@@H](C(=O)OCC(=O)NNC(=O)c1ccc(Br)cc1)N1C(=O)[C@@H]2[C@H]3CC[C@@H](C3)[C@@H]2C1=O. The predicted octanol–water partition coefficient (Wildman–Crippen LogP) is 1.17. The molecule has 5 atom stereocenters. The number of ether oxygens (including phenoxy) is 1. The molecule has 1 aromatic carbocycles. The highest BCUT2D eigenvalue weighted by atomic mass is 79.9. The summed E-state index contributed by atoms with van der Waals surface area (Å²) in [6.07, 6.45) is 2.80. The van der Waals surface area contributed by atoms with Crippen LogP contribution in [0.25, 0.3) is 0 Å². The van der Waals surface area contributed by atoms with Crippen LogP contribution in [-0.4, -0.2) is 47.1 Å². The fourth-order valence-electron chi connectivity index (χ4n) is 5.01. The average Bonchev–Trinajstić information content (AvgIpc) is 3.44. The highest BCUT2D eigenvalue weighted by molar-refractivity contribution is 9.10. The molecule has 2 bridgehead atoms. The minimum atomic E-state index is -1.10. The zero-order valence-electron chi connectivity index (χ0n) is 16.8. The summed E-state index contributed by atoms with van der Waals surface area (Å²) in [5.41, 5.74) is 4.71. The van der Waals surface area contributed by atoms with E-state index in [9.17, 15) is 24.0 Å². The molecule has 0 unspecified atom stereocenters. The van der Waals surface area contributed by atoms with E-state index in [4.69, 9.17) is 4.74 Å². The van der Waals surface area contributed by atoms with Gasteiger partial charge in [-0.15, -0.1) is 0 Å². The maximum atomic E-state index is 12.8. The van der Waals surface area contributed by atoms with Crippen LogP contribution < -0.4 is 10.9 Å². The van der Waals surface area contributed by atoms with E-state index in [1.165, 1.54) is 6.92 Å². The second-order valence-corrected chi connectivity index (χ2v) is 9.14. The van der Waals surface area contributed by atoms with Gasteiger partial charge < -0.3 is 4.74 Å². The third kappa shape index (κ3) is 3.96. The Morgan fingerprint density at radius 1 is 1.06 bits per heavy atom. The molecule has 1 aromatic rings. The van der Waals surface area contributed by atoms with Gasteiger partial charge in [0.05, 0.1) is 11.8 Å². The van der Waals surface area contributed by atoms with E-state index >= 15 is 0 Å². The zero-order valence-corrected chi connectivity index (χ0v) is 18.4. The van der Waals surface area contributed by atoms with E-state index in [-0.39, 0.29) is 35.5 Å². The fourth-order valence-corrected chi connectivity index (χ4v) is 5.28. The van der Waals surface area contributed by atoms with Gasteiger partial charge in [-0.25, -0.2) is 4.79 Å². The van der Waals surface area contributed by atoms with Crippen LogP contribution in [0.15, 0.2) is 28.7 Å². The van der Waals surface area contributed by atoms with Crippen molar-refractivity contribution < 1.29 is 28.7 Å². The first-order valence-corrected chi connectivity index (χ1v) is 11.0. The second kappa shape index (κ2) is 8.41. The quantitative estimate of drug-likeness (QED) is 0.362. The zero-order chi connectivity index (χ0) is 22.3. The Hall–Kier alpha value is -2.75. The summed E-state index contributed by atoms with van der Waals surface area (Å²) in [4.78, 5) is 62.8. The number of rotatable bonds is 5. The lowest BCUT2D eigenvalue weighted by Gasteiger charge is -2.23. The van der Waals surface area contributed by atoms with Gasteiger partial charge in [0.25, 0.3) is 11.8 Å². The van der Waals surface area contributed by atoms with E-state index in [0.29, 0.717) is 5.56 Å². The van der Waals surface area contributed by atoms with Crippen molar-refractivity contribution in [1.29, 1.82) is 0 Å². The molecule has 3 fully saturated rings. The van der Waals surface area contributed by atoms with Crippen molar-refractivity contribution >= 4 is 45.5 Å². The summed E-state index contributed by atoms with van der Waals surface area (Å²) in [7, 11) is 0. The van der Waals surface area contributed by atoms with Crippen LogP contribution in [0, 0.1) is 23.7 Å². The van der Waals surface area contributed by atoms with Crippen LogP contribution in [0.5, 0.6) is 0 Å². The largest absolute Gasteiger partial charge is 0.454 e. The molecule has 3 aliphatic rings. The molecule has 31 heavy (non-hydrogen) atoms. The highest BCUT2D eigenvalue weighted by Gasteiger charge is 2.62. The maximum absolute atomic E-state index is 12.8. The molecule has 10 heteroatoms. The van der Waals surface area contributed by atoms with Crippen LogP contribution in [0.1, 0.15) is 36.5 Å². The number of carbonyl (C=O) groups excluding carboxylic acids is 5. The topological polar surface area (TPSA) is 122 Å². The Kier molecular flexibility index (Phi) is 5.83. The fraction of sp³-hybridized carbons (Fsp3) is 0.476. The number of nitrogens with zero attached hydrogens (tertiary/aromatic N) is 1. The number of nitrogens with one attached hydrogen (secondary N) is 2. The van der Waals surface area contributed by atoms with E-state index in [1.54, 1.807) is 24.3 Å². The molecule has 4 amide bonds. The lowest BCUT2D eigenvalue weighted by molar-refractivity contribution is -0.160. The molecule has 9 nitrogen and oxygen atoms in total. The number of esters is 1. The van der Waals surface area contributed by atoms with Gasteiger partial charge in [0.15, 0.2) is 6.61 Å². The van der Waals surface area contributed by atoms with E-state index < -0.39 is 30.4 Å². The Bertz CT molecular complexity index is 921.